The van der Waals surface area contributed by atoms with Gasteiger partial charge in [0, 0.05) is 40.4 Å². The molecule has 6 N–H and O–H groups in total. The molecule has 0 fully saturated rings. The molecule has 266 valence electrons. The van der Waals surface area contributed by atoms with Gasteiger partial charge in [-0.05, 0) is 88.4 Å². The monoisotopic (exact) mass is 784 g/mol. The van der Waals surface area contributed by atoms with Crippen LogP contribution in [0.2, 0.25) is 5.02 Å². The lowest BCUT2D eigenvalue weighted by Crippen LogP contribution is -2.30. The van der Waals surface area contributed by atoms with Crippen molar-refractivity contribution in [2.24, 2.45) is 0 Å². The number of fused-ring (bicyclic) bond motifs is 2. The molecule has 0 aliphatic carbocycles. The number of H-pyrrole nitrogens is 2. The third kappa shape index (κ3) is 8.96. The van der Waals surface area contributed by atoms with E-state index in [1.165, 1.54) is 6.07 Å². The van der Waals surface area contributed by atoms with E-state index in [1.54, 1.807) is 30.3 Å². The number of hydrogen-bond donors (Lipinski definition) is 6. The fraction of sp³-hybridized carbons (Fsp3) is 0.176. The molecule has 0 saturated heterocycles. The first-order valence-electron chi connectivity index (χ1n) is 14.6. The lowest BCUT2D eigenvalue weighted by atomic mass is 10.1. The van der Waals surface area contributed by atoms with Crippen molar-refractivity contribution in [3.8, 4) is 34.3 Å². The van der Waals surface area contributed by atoms with Crippen molar-refractivity contribution < 1.29 is 13.5 Å². The molecule has 4 aromatic carbocycles. The zero-order valence-electron chi connectivity index (χ0n) is 27.1. The van der Waals surface area contributed by atoms with Gasteiger partial charge in [-0.25, -0.2) is 18.7 Å². The molecule has 0 atom stereocenters. The van der Waals surface area contributed by atoms with Crippen LogP contribution in [0.1, 0.15) is 38.8 Å². The van der Waals surface area contributed by atoms with Crippen LogP contribution in [0.5, 0.6) is 11.5 Å². The normalized spacial score (nSPS) is 10.6. The zero-order valence-corrected chi connectivity index (χ0v) is 31.1. The van der Waals surface area contributed by atoms with E-state index >= 15 is 8.78 Å². The SMILES string of the molecule is CC(C)NC(=N)c1ccc2nc(-c3cc(F)c(Oc4ccc(-c5nc6ccc(C(=N)NC(C)C)cc6[nH]5)c(Cl)c4)c(F)c3)[nH]c2c1.Cl.Cl.Cl.Cl. The maximum absolute atomic E-state index is 15.2. The van der Waals surface area contributed by atoms with Crippen molar-refractivity contribution in [2.75, 3.05) is 0 Å². The van der Waals surface area contributed by atoms with E-state index in [0.717, 1.165) is 17.6 Å². The van der Waals surface area contributed by atoms with Gasteiger partial charge in [0.05, 0.1) is 27.1 Å². The number of benzene rings is 4. The van der Waals surface area contributed by atoms with Gasteiger partial charge in [0.1, 0.15) is 29.1 Å². The van der Waals surface area contributed by atoms with E-state index in [1.807, 2.05) is 45.9 Å². The summed E-state index contributed by atoms with van der Waals surface area (Å²) in [6, 6.07) is 18.0. The molecule has 9 nitrogen and oxygen atoms in total. The number of hydrogen-bond acceptors (Lipinski definition) is 5. The number of ether oxygens (including phenoxy) is 1. The Morgan fingerprint density at radius 1 is 0.700 bits per heavy atom. The lowest BCUT2D eigenvalue weighted by molar-refractivity contribution is 0.408. The smallest absolute Gasteiger partial charge is 0.198 e. The summed E-state index contributed by atoms with van der Waals surface area (Å²) in [6.45, 7) is 7.82. The number of nitrogens with zero attached hydrogens (tertiary/aromatic N) is 2. The molecular weight excluding hydrogens is 752 g/mol. The summed E-state index contributed by atoms with van der Waals surface area (Å²) >= 11 is 6.57. The fourth-order valence-corrected chi connectivity index (χ4v) is 5.26. The summed E-state index contributed by atoms with van der Waals surface area (Å²) in [5, 5.41) is 22.9. The summed E-state index contributed by atoms with van der Waals surface area (Å²) in [5.41, 5.74) is 4.80. The van der Waals surface area contributed by atoms with Gasteiger partial charge in [-0.1, -0.05) is 11.6 Å². The minimum absolute atomic E-state index is 0. The van der Waals surface area contributed by atoms with Gasteiger partial charge in [0.2, 0.25) is 0 Å². The van der Waals surface area contributed by atoms with Crippen LogP contribution < -0.4 is 15.4 Å². The maximum atomic E-state index is 15.2. The molecule has 2 heterocycles. The van der Waals surface area contributed by atoms with Crippen molar-refractivity contribution in [3.63, 3.8) is 0 Å². The summed E-state index contributed by atoms with van der Waals surface area (Å²) in [7, 11) is 0. The van der Waals surface area contributed by atoms with Crippen molar-refractivity contribution in [3.05, 3.63) is 94.5 Å². The molecule has 0 saturated carbocycles. The Morgan fingerprint density at radius 2 is 1.18 bits per heavy atom. The van der Waals surface area contributed by atoms with E-state index in [-0.39, 0.29) is 89.7 Å². The highest BCUT2D eigenvalue weighted by Crippen LogP contribution is 2.36. The number of aromatic amines is 2. The van der Waals surface area contributed by atoms with E-state index in [9.17, 15) is 0 Å². The first-order valence-corrected chi connectivity index (χ1v) is 15.0. The number of nitrogens with one attached hydrogen (secondary N) is 6. The topological polar surface area (TPSA) is 138 Å². The average molecular weight is 787 g/mol. The second-order valence-corrected chi connectivity index (χ2v) is 11.9. The van der Waals surface area contributed by atoms with Gasteiger partial charge in [0.25, 0.3) is 0 Å². The molecule has 2 aromatic heterocycles. The van der Waals surface area contributed by atoms with Crippen LogP contribution in [-0.2, 0) is 0 Å². The van der Waals surface area contributed by atoms with Crippen molar-refractivity contribution in [1.82, 2.24) is 30.6 Å². The van der Waals surface area contributed by atoms with E-state index in [0.29, 0.717) is 44.9 Å². The highest BCUT2D eigenvalue weighted by Gasteiger charge is 2.19. The molecule has 0 aliphatic rings. The molecule has 0 amide bonds. The van der Waals surface area contributed by atoms with Crippen molar-refractivity contribution in [1.29, 1.82) is 10.8 Å². The Morgan fingerprint density at radius 3 is 1.66 bits per heavy atom. The third-order valence-corrected chi connectivity index (χ3v) is 7.41. The fourth-order valence-electron chi connectivity index (χ4n) is 5.00. The predicted molar refractivity (Wildman–Crippen MR) is 207 cm³/mol. The molecule has 6 rings (SSSR count). The molecular formula is C34H35Cl5F2N8O. The van der Waals surface area contributed by atoms with Gasteiger partial charge in [0.15, 0.2) is 17.4 Å². The third-order valence-electron chi connectivity index (χ3n) is 7.09. The Hall–Kier alpha value is -4.13. The van der Waals surface area contributed by atoms with Crippen LogP contribution in [0.25, 0.3) is 44.8 Å². The second kappa shape index (κ2) is 17.2. The van der Waals surface area contributed by atoms with Gasteiger partial charge in [-0.15, -0.1) is 49.6 Å². The Kier molecular flexibility index (Phi) is 14.5. The number of halogens is 7. The number of amidine groups is 2. The van der Waals surface area contributed by atoms with Crippen molar-refractivity contribution in [2.45, 2.75) is 39.8 Å². The minimum atomic E-state index is -0.912. The molecule has 0 aliphatic heterocycles. The zero-order chi connectivity index (χ0) is 32.7. The van der Waals surface area contributed by atoms with Crippen LogP contribution in [0.3, 0.4) is 0 Å². The standard InChI is InChI=1S/C34H31ClF2N8O.4ClH/c1-16(2)40-31(38)18-5-9-26-28(13-18)44-33(42-26)20-11-24(36)30(25(37)12-20)46-21-7-8-22(23(35)15-21)34-43-27-10-6-19(14-29(27)45-34)32(39)41-17(3)4;;;;/h5-17H,1-4H3,(H2,38,40)(H2,39,41)(H,42,44)(H,43,45);4*1H. The highest BCUT2D eigenvalue weighted by molar-refractivity contribution is 6.33. The van der Waals surface area contributed by atoms with Crippen LogP contribution in [0.4, 0.5) is 8.78 Å². The number of imidazole rings is 2. The Bertz CT molecular complexity index is 2130. The molecule has 0 bridgehead atoms. The van der Waals surface area contributed by atoms with Crippen LogP contribution >= 0.6 is 61.2 Å². The first-order chi connectivity index (χ1) is 21.9. The van der Waals surface area contributed by atoms with Gasteiger partial charge >= 0.3 is 0 Å². The average Bonchev–Trinajstić information content (AvgIpc) is 3.62. The molecule has 16 heteroatoms. The minimum Gasteiger partial charge on any atom is -0.451 e. The van der Waals surface area contributed by atoms with Gasteiger partial charge < -0.3 is 25.3 Å². The predicted octanol–water partition coefficient (Wildman–Crippen LogP) is 9.83. The summed E-state index contributed by atoms with van der Waals surface area (Å²) in [4.78, 5) is 15.4. The maximum Gasteiger partial charge on any atom is 0.198 e. The summed E-state index contributed by atoms with van der Waals surface area (Å²) in [5.74, 6) is -0.910. The largest absolute Gasteiger partial charge is 0.451 e. The Labute approximate surface area is 317 Å². The molecule has 6 aromatic rings. The van der Waals surface area contributed by atoms with Crippen molar-refractivity contribution >= 4 is 95.0 Å². The molecule has 0 radical (unpaired) electrons. The van der Waals surface area contributed by atoms with Gasteiger partial charge in [-0.2, -0.15) is 0 Å². The number of rotatable bonds is 8. The van der Waals surface area contributed by atoms with Crippen LogP contribution in [0.15, 0.2) is 66.7 Å². The van der Waals surface area contributed by atoms with E-state index in [4.69, 9.17) is 27.2 Å². The number of aromatic nitrogens is 4. The van der Waals surface area contributed by atoms with Crippen LogP contribution in [-0.4, -0.2) is 43.7 Å². The molecule has 0 spiro atoms. The quantitative estimate of drug-likeness (QED) is 0.0674. The Balaban J connectivity index is 0.00000217. The summed E-state index contributed by atoms with van der Waals surface area (Å²) < 4.78 is 36.1. The molecule has 50 heavy (non-hydrogen) atoms. The molecule has 0 unspecified atom stereocenters. The van der Waals surface area contributed by atoms with Crippen LogP contribution in [0, 0.1) is 22.5 Å². The summed E-state index contributed by atoms with van der Waals surface area (Å²) in [6.07, 6.45) is 0. The van der Waals surface area contributed by atoms with E-state index < -0.39 is 17.4 Å². The van der Waals surface area contributed by atoms with Gasteiger partial charge in [-0.3, -0.25) is 10.8 Å². The second-order valence-electron chi connectivity index (χ2n) is 11.5. The van der Waals surface area contributed by atoms with E-state index in [2.05, 4.69) is 30.6 Å². The highest BCUT2D eigenvalue weighted by atomic mass is 35.5. The first kappa shape index (κ1) is 42.0. The lowest BCUT2D eigenvalue weighted by Gasteiger charge is -2.11.